The summed E-state index contributed by atoms with van der Waals surface area (Å²) < 4.78 is 5.06. The van der Waals surface area contributed by atoms with Crippen LogP contribution in [0.1, 0.15) is 31.7 Å². The van der Waals surface area contributed by atoms with Gasteiger partial charge in [0.15, 0.2) is 6.10 Å². The number of nitrogens with two attached hydrogens (primary N) is 1. The highest BCUT2D eigenvalue weighted by Crippen LogP contribution is 2.21. The van der Waals surface area contributed by atoms with Crippen molar-refractivity contribution in [3.05, 3.63) is 35.9 Å². The highest BCUT2D eigenvalue weighted by molar-refractivity contribution is 5.96. The number of esters is 1. The molecule has 0 unspecified atom stereocenters. The molecule has 1 aromatic rings. The van der Waals surface area contributed by atoms with Gasteiger partial charge in [-0.3, -0.25) is 14.9 Å². The molecule has 0 saturated carbocycles. The molecule has 3 amide bonds. The van der Waals surface area contributed by atoms with Gasteiger partial charge in [0.05, 0.1) is 5.92 Å². The Labute approximate surface area is 117 Å². The summed E-state index contributed by atoms with van der Waals surface area (Å²) in [7, 11) is 0. The number of ether oxygens (including phenoxy) is 1. The van der Waals surface area contributed by atoms with Gasteiger partial charge in [0, 0.05) is 0 Å². The predicted molar refractivity (Wildman–Crippen MR) is 72.8 cm³/mol. The molecule has 0 bridgehead atoms. The van der Waals surface area contributed by atoms with Crippen LogP contribution in [0.25, 0.3) is 0 Å². The molecule has 6 nitrogen and oxygen atoms in total. The van der Waals surface area contributed by atoms with E-state index in [4.69, 9.17) is 10.5 Å². The van der Waals surface area contributed by atoms with Gasteiger partial charge in [0.2, 0.25) is 0 Å². The molecule has 0 spiro atoms. The van der Waals surface area contributed by atoms with Gasteiger partial charge in [-0.2, -0.15) is 0 Å². The number of carbonyl (C=O) groups is 3. The number of urea groups is 1. The van der Waals surface area contributed by atoms with E-state index in [0.717, 1.165) is 5.56 Å². The molecule has 0 aliphatic heterocycles. The average molecular weight is 278 g/mol. The zero-order valence-corrected chi connectivity index (χ0v) is 11.5. The first-order chi connectivity index (χ1) is 9.45. The predicted octanol–water partition coefficient (Wildman–Crippen LogP) is 1.31. The second-order valence-electron chi connectivity index (χ2n) is 4.30. The van der Waals surface area contributed by atoms with Crippen molar-refractivity contribution in [3.8, 4) is 0 Å². The number of hydrogen-bond donors (Lipinski definition) is 2. The normalized spacial score (nSPS) is 13.1. The Morgan fingerprint density at radius 3 is 2.35 bits per heavy atom. The molecule has 3 N–H and O–H groups in total. The number of nitrogens with one attached hydrogen (secondary N) is 1. The monoisotopic (exact) mass is 278 g/mol. The van der Waals surface area contributed by atoms with E-state index in [9.17, 15) is 14.4 Å². The van der Waals surface area contributed by atoms with Crippen LogP contribution in [-0.4, -0.2) is 24.0 Å². The van der Waals surface area contributed by atoms with Crippen molar-refractivity contribution in [3.63, 3.8) is 0 Å². The number of rotatable bonds is 5. The van der Waals surface area contributed by atoms with Crippen LogP contribution in [-0.2, 0) is 14.3 Å². The average Bonchev–Trinajstić information content (AvgIpc) is 2.39. The van der Waals surface area contributed by atoms with Gasteiger partial charge in [-0.05, 0) is 18.9 Å². The lowest BCUT2D eigenvalue weighted by molar-refractivity contribution is -0.156. The van der Waals surface area contributed by atoms with Crippen molar-refractivity contribution in [1.82, 2.24) is 5.32 Å². The summed E-state index contributed by atoms with van der Waals surface area (Å²) >= 11 is 0. The van der Waals surface area contributed by atoms with Crippen LogP contribution in [0, 0.1) is 0 Å². The van der Waals surface area contributed by atoms with Crippen molar-refractivity contribution in [1.29, 1.82) is 0 Å². The fourth-order valence-corrected chi connectivity index (χ4v) is 1.76. The van der Waals surface area contributed by atoms with E-state index in [1.54, 1.807) is 0 Å². The quantitative estimate of drug-likeness (QED) is 0.793. The minimum absolute atomic E-state index is 0.444. The van der Waals surface area contributed by atoms with Gasteiger partial charge in [-0.15, -0.1) is 0 Å². The smallest absolute Gasteiger partial charge is 0.318 e. The Morgan fingerprint density at radius 1 is 1.25 bits per heavy atom. The summed E-state index contributed by atoms with van der Waals surface area (Å²) in [5.41, 5.74) is 5.65. The first kappa shape index (κ1) is 15.7. The fraction of sp³-hybridized carbons (Fsp3) is 0.357. The number of carbonyl (C=O) groups excluding carboxylic acids is 3. The highest BCUT2D eigenvalue weighted by Gasteiger charge is 2.25. The third-order valence-corrected chi connectivity index (χ3v) is 2.80. The lowest BCUT2D eigenvalue weighted by atomic mass is 9.97. The summed E-state index contributed by atoms with van der Waals surface area (Å²) in [5, 5.41) is 1.87. The maximum atomic E-state index is 12.1. The van der Waals surface area contributed by atoms with Gasteiger partial charge in [0.25, 0.3) is 5.91 Å². The summed E-state index contributed by atoms with van der Waals surface area (Å²) in [5.74, 6) is -1.69. The maximum absolute atomic E-state index is 12.1. The topological polar surface area (TPSA) is 98.5 Å². The minimum Gasteiger partial charge on any atom is -0.452 e. The molecule has 0 fully saturated rings. The Hall–Kier alpha value is -2.37. The standard InChI is InChI=1S/C14H18N2O4/c1-3-11(10-7-5-4-6-8-10)13(18)20-9(2)12(17)16-14(15)19/h4-9,11H,3H2,1-2H3,(H3,15,16,17,19)/t9-,11-/m0/s1. The molecule has 0 saturated heterocycles. The van der Waals surface area contributed by atoms with Gasteiger partial charge in [-0.25, -0.2) is 4.79 Å². The van der Waals surface area contributed by atoms with E-state index in [-0.39, 0.29) is 0 Å². The van der Waals surface area contributed by atoms with Crippen molar-refractivity contribution >= 4 is 17.9 Å². The molecular formula is C14H18N2O4. The molecule has 0 heterocycles. The zero-order chi connectivity index (χ0) is 15.1. The van der Waals surface area contributed by atoms with E-state index in [0.29, 0.717) is 6.42 Å². The largest absolute Gasteiger partial charge is 0.452 e. The summed E-state index contributed by atoms with van der Waals surface area (Å²) in [4.78, 5) is 34.1. The molecule has 1 aromatic carbocycles. The third kappa shape index (κ3) is 4.38. The Bertz CT molecular complexity index is 487. The van der Waals surface area contributed by atoms with Gasteiger partial charge >= 0.3 is 12.0 Å². The summed E-state index contributed by atoms with van der Waals surface area (Å²) in [6.45, 7) is 3.24. The first-order valence-electron chi connectivity index (χ1n) is 6.31. The van der Waals surface area contributed by atoms with E-state index in [1.807, 2.05) is 42.6 Å². The van der Waals surface area contributed by atoms with Crippen LogP contribution in [0.15, 0.2) is 30.3 Å². The zero-order valence-electron chi connectivity index (χ0n) is 11.5. The first-order valence-corrected chi connectivity index (χ1v) is 6.31. The van der Waals surface area contributed by atoms with Gasteiger partial charge in [-0.1, -0.05) is 37.3 Å². The molecular weight excluding hydrogens is 260 g/mol. The minimum atomic E-state index is -1.08. The van der Waals surface area contributed by atoms with E-state index in [1.165, 1.54) is 6.92 Å². The number of benzene rings is 1. The molecule has 20 heavy (non-hydrogen) atoms. The number of amides is 3. The van der Waals surface area contributed by atoms with Crippen LogP contribution in [0.2, 0.25) is 0 Å². The summed E-state index contributed by atoms with van der Waals surface area (Å²) in [6, 6.07) is 8.17. The summed E-state index contributed by atoms with van der Waals surface area (Å²) in [6.07, 6.45) is -0.528. The van der Waals surface area contributed by atoms with E-state index >= 15 is 0 Å². The third-order valence-electron chi connectivity index (χ3n) is 2.80. The lowest BCUT2D eigenvalue weighted by Gasteiger charge is -2.18. The maximum Gasteiger partial charge on any atom is 0.318 e. The lowest BCUT2D eigenvalue weighted by Crippen LogP contribution is -2.42. The molecule has 0 aliphatic carbocycles. The van der Waals surface area contributed by atoms with Crippen LogP contribution in [0.4, 0.5) is 4.79 Å². The van der Waals surface area contributed by atoms with Crippen LogP contribution >= 0.6 is 0 Å². The number of primary amides is 1. The highest BCUT2D eigenvalue weighted by atomic mass is 16.5. The molecule has 1 rings (SSSR count). The SMILES string of the molecule is CC[C@H](C(=O)O[C@@H](C)C(=O)NC(N)=O)c1ccccc1. The molecule has 0 aromatic heterocycles. The van der Waals surface area contributed by atoms with Crippen LogP contribution in [0.5, 0.6) is 0 Å². The number of imide groups is 1. The second-order valence-corrected chi connectivity index (χ2v) is 4.30. The molecule has 0 radical (unpaired) electrons. The second kappa shape index (κ2) is 7.28. The van der Waals surface area contributed by atoms with Crippen molar-refractivity contribution in [2.75, 3.05) is 0 Å². The molecule has 2 atom stereocenters. The Balaban J connectivity index is 2.69. The Morgan fingerprint density at radius 2 is 1.85 bits per heavy atom. The van der Waals surface area contributed by atoms with Crippen LogP contribution < -0.4 is 11.1 Å². The van der Waals surface area contributed by atoms with E-state index in [2.05, 4.69) is 0 Å². The van der Waals surface area contributed by atoms with Gasteiger partial charge in [0.1, 0.15) is 0 Å². The fourth-order valence-electron chi connectivity index (χ4n) is 1.76. The Kier molecular flexibility index (Phi) is 5.71. The molecule has 6 heteroatoms. The van der Waals surface area contributed by atoms with Crippen molar-refractivity contribution in [2.24, 2.45) is 5.73 Å². The van der Waals surface area contributed by atoms with Crippen molar-refractivity contribution in [2.45, 2.75) is 32.3 Å². The van der Waals surface area contributed by atoms with E-state index < -0.39 is 29.9 Å². The van der Waals surface area contributed by atoms with Gasteiger partial charge < -0.3 is 10.5 Å². The molecule has 108 valence electrons. The van der Waals surface area contributed by atoms with Crippen LogP contribution in [0.3, 0.4) is 0 Å². The van der Waals surface area contributed by atoms with Crippen molar-refractivity contribution < 1.29 is 19.1 Å². The molecule has 0 aliphatic rings. The number of hydrogen-bond acceptors (Lipinski definition) is 4.